The van der Waals surface area contributed by atoms with Crippen LogP contribution in [0.3, 0.4) is 0 Å². The third-order valence-electron chi connectivity index (χ3n) is 10.6. The van der Waals surface area contributed by atoms with Crippen molar-refractivity contribution in [2.45, 2.75) is 138 Å². The second-order valence-electron chi connectivity index (χ2n) is 12.9. The Labute approximate surface area is 198 Å². The lowest BCUT2D eigenvalue weighted by Gasteiger charge is -2.57. The molecule has 0 radical (unpaired) electrons. The molecular weight excluding hydrogens is 411 g/mol. The Bertz CT molecular complexity index is 615. The van der Waals surface area contributed by atoms with Gasteiger partial charge in [-0.1, -0.05) is 46.4 Å². The van der Waals surface area contributed by atoms with Gasteiger partial charge in [0.25, 0.3) is 0 Å². The first-order valence-electron chi connectivity index (χ1n) is 14.5. The number of carbonyl (C=O) groups excluding carboxylic acids is 1. The summed E-state index contributed by atoms with van der Waals surface area (Å²) in [4.78, 5) is 16.0. The lowest BCUT2D eigenvalue weighted by Crippen LogP contribution is -2.62. The molecule has 6 saturated carbocycles. The topological polar surface area (TPSA) is 32.3 Å². The summed E-state index contributed by atoms with van der Waals surface area (Å²) in [6, 6.07) is 0.871. The number of nitrogens with zero attached hydrogens (tertiary/aromatic N) is 1. The van der Waals surface area contributed by atoms with Crippen LogP contribution in [0.25, 0.3) is 0 Å². The van der Waals surface area contributed by atoms with Gasteiger partial charge in [-0.25, -0.2) is 4.79 Å². The molecule has 0 aromatic carbocycles. The number of hydrogen-bond acceptors (Lipinski definition) is 1. The van der Waals surface area contributed by atoms with Crippen LogP contribution in [0.2, 0.25) is 0 Å². The highest BCUT2D eigenvalue weighted by atomic mass is 31.1. The van der Waals surface area contributed by atoms with Crippen LogP contribution < -0.4 is 5.32 Å². The van der Waals surface area contributed by atoms with E-state index in [1.165, 1.54) is 122 Å². The molecule has 4 heteroatoms. The summed E-state index contributed by atoms with van der Waals surface area (Å²) < 4.78 is 0. The first-order chi connectivity index (χ1) is 15.7. The molecule has 6 aliphatic carbocycles. The molecule has 3 nitrogen and oxygen atoms in total. The van der Waals surface area contributed by atoms with E-state index in [1.807, 2.05) is 0 Å². The Kier molecular flexibility index (Phi) is 6.51. The summed E-state index contributed by atoms with van der Waals surface area (Å²) in [5.74, 6) is 2.71. The minimum Gasteiger partial charge on any atom is -0.333 e. The zero-order valence-corrected chi connectivity index (χ0v) is 21.3. The number of hydrogen-bond donors (Lipinski definition) is 1. The fourth-order valence-corrected chi connectivity index (χ4v) is 13.6. The zero-order valence-electron chi connectivity index (χ0n) is 20.4. The summed E-state index contributed by atoms with van der Waals surface area (Å²) in [7, 11) is 0.0869. The lowest BCUT2D eigenvalue weighted by molar-refractivity contribution is -0.0157. The van der Waals surface area contributed by atoms with Crippen molar-refractivity contribution in [2.24, 2.45) is 17.8 Å². The Hall–Kier alpha value is -0.300. The van der Waals surface area contributed by atoms with Gasteiger partial charge in [-0.05, 0) is 112 Å². The summed E-state index contributed by atoms with van der Waals surface area (Å²) in [5, 5.41) is 3.72. The summed E-state index contributed by atoms with van der Waals surface area (Å²) in [6.07, 6.45) is 26.9. The van der Waals surface area contributed by atoms with Gasteiger partial charge in [0, 0.05) is 18.1 Å². The van der Waals surface area contributed by atoms with Gasteiger partial charge in [-0.15, -0.1) is 0 Å². The maximum Gasteiger partial charge on any atom is 0.318 e. The average Bonchev–Trinajstić information content (AvgIpc) is 3.26. The molecule has 2 amide bonds. The van der Waals surface area contributed by atoms with Crippen molar-refractivity contribution in [2.75, 3.05) is 12.7 Å². The zero-order chi connectivity index (χ0) is 21.5. The van der Waals surface area contributed by atoms with Crippen LogP contribution in [-0.4, -0.2) is 46.5 Å². The highest BCUT2D eigenvalue weighted by Gasteiger charge is 2.52. The lowest BCUT2D eigenvalue weighted by atomic mass is 9.53. The van der Waals surface area contributed by atoms with Crippen LogP contribution in [0.15, 0.2) is 0 Å². The third-order valence-corrected chi connectivity index (χ3v) is 14.3. The first kappa shape index (κ1) is 22.2. The minimum absolute atomic E-state index is 0.0869. The molecule has 1 N–H and O–H groups in total. The number of nitrogens with one attached hydrogen (secondary N) is 1. The van der Waals surface area contributed by atoms with Crippen LogP contribution in [0.1, 0.15) is 116 Å². The summed E-state index contributed by atoms with van der Waals surface area (Å²) in [6.45, 7) is 1.02. The molecule has 180 valence electrons. The van der Waals surface area contributed by atoms with Crippen LogP contribution in [-0.2, 0) is 0 Å². The predicted molar refractivity (Wildman–Crippen MR) is 135 cm³/mol. The van der Waals surface area contributed by atoms with Crippen molar-refractivity contribution < 1.29 is 4.79 Å². The quantitative estimate of drug-likeness (QED) is 0.432. The molecule has 7 fully saturated rings. The third kappa shape index (κ3) is 4.50. The Morgan fingerprint density at radius 3 is 1.81 bits per heavy atom. The number of amides is 2. The van der Waals surface area contributed by atoms with Gasteiger partial charge in [0.05, 0.1) is 0 Å². The SMILES string of the molecule is O=C(NC12CC3CC(CC(C3)C1)C2)N1CCC[C@H]1CP(C1CCCCC1)C1CCCCC1. The van der Waals surface area contributed by atoms with Gasteiger partial charge in [-0.2, -0.15) is 0 Å². The molecule has 32 heavy (non-hydrogen) atoms. The van der Waals surface area contributed by atoms with Crippen molar-refractivity contribution in [3.8, 4) is 0 Å². The van der Waals surface area contributed by atoms with Gasteiger partial charge in [0.1, 0.15) is 0 Å². The van der Waals surface area contributed by atoms with Crippen molar-refractivity contribution in [3.63, 3.8) is 0 Å². The molecule has 0 unspecified atom stereocenters. The van der Waals surface area contributed by atoms with Crippen molar-refractivity contribution in [1.29, 1.82) is 0 Å². The van der Waals surface area contributed by atoms with Crippen molar-refractivity contribution >= 4 is 14.0 Å². The van der Waals surface area contributed by atoms with Crippen LogP contribution in [0, 0.1) is 17.8 Å². The van der Waals surface area contributed by atoms with E-state index in [9.17, 15) is 4.79 Å². The van der Waals surface area contributed by atoms with Gasteiger partial charge in [0.15, 0.2) is 0 Å². The highest BCUT2D eigenvalue weighted by molar-refractivity contribution is 7.59. The number of urea groups is 1. The van der Waals surface area contributed by atoms with Gasteiger partial charge in [-0.3, -0.25) is 0 Å². The molecule has 7 aliphatic rings. The van der Waals surface area contributed by atoms with Crippen LogP contribution in [0.5, 0.6) is 0 Å². The predicted octanol–water partition coefficient (Wildman–Crippen LogP) is 7.28. The molecule has 4 bridgehead atoms. The second-order valence-corrected chi connectivity index (χ2v) is 15.8. The smallest absolute Gasteiger partial charge is 0.318 e. The Morgan fingerprint density at radius 1 is 0.750 bits per heavy atom. The van der Waals surface area contributed by atoms with Crippen molar-refractivity contribution in [3.05, 3.63) is 0 Å². The van der Waals surface area contributed by atoms with Crippen molar-refractivity contribution in [1.82, 2.24) is 10.2 Å². The van der Waals surface area contributed by atoms with Gasteiger partial charge >= 0.3 is 6.03 Å². The maximum atomic E-state index is 13.7. The van der Waals surface area contributed by atoms with E-state index in [2.05, 4.69) is 10.2 Å². The van der Waals surface area contributed by atoms with E-state index in [4.69, 9.17) is 0 Å². The van der Waals surface area contributed by atoms with E-state index in [0.717, 1.165) is 35.6 Å². The molecule has 1 heterocycles. The van der Waals surface area contributed by atoms with E-state index in [0.29, 0.717) is 12.1 Å². The molecular formula is C28H47N2OP. The van der Waals surface area contributed by atoms with Crippen LogP contribution in [0.4, 0.5) is 4.79 Å². The molecule has 0 aromatic heterocycles. The summed E-state index contributed by atoms with van der Waals surface area (Å²) in [5.41, 5.74) is 2.18. The average molecular weight is 459 g/mol. The van der Waals surface area contributed by atoms with E-state index in [1.54, 1.807) is 0 Å². The largest absolute Gasteiger partial charge is 0.333 e. The Balaban J connectivity index is 1.13. The number of rotatable bonds is 5. The van der Waals surface area contributed by atoms with Crippen LogP contribution >= 0.6 is 7.92 Å². The second kappa shape index (κ2) is 9.39. The molecule has 7 rings (SSSR count). The first-order valence-corrected chi connectivity index (χ1v) is 16.2. The molecule has 1 saturated heterocycles. The maximum absolute atomic E-state index is 13.7. The van der Waals surface area contributed by atoms with E-state index >= 15 is 0 Å². The minimum atomic E-state index is 0.0869. The van der Waals surface area contributed by atoms with Gasteiger partial charge < -0.3 is 10.2 Å². The molecule has 0 aromatic rings. The molecule has 1 atom stereocenters. The number of carbonyl (C=O) groups is 1. The Morgan fingerprint density at radius 2 is 1.28 bits per heavy atom. The normalized spacial score (nSPS) is 40.3. The monoisotopic (exact) mass is 458 g/mol. The summed E-state index contributed by atoms with van der Waals surface area (Å²) >= 11 is 0. The molecule has 1 aliphatic heterocycles. The fourth-order valence-electron chi connectivity index (χ4n) is 9.52. The highest BCUT2D eigenvalue weighted by Crippen LogP contribution is 2.58. The molecule has 0 spiro atoms. The fraction of sp³-hybridized carbons (Fsp3) is 0.964. The standard InChI is InChI=1S/C28H47N2OP/c31-27(29-28-17-21-14-22(18-28)16-23(15-21)19-28)30-13-7-8-24(30)20-32(25-9-3-1-4-10-25)26-11-5-2-6-12-26/h21-26H,1-20H2,(H,29,31)/t21?,22?,23?,24-,28?/m0/s1. The van der Waals surface area contributed by atoms with E-state index in [-0.39, 0.29) is 13.5 Å². The van der Waals surface area contributed by atoms with Gasteiger partial charge in [0.2, 0.25) is 0 Å². The van der Waals surface area contributed by atoms with E-state index < -0.39 is 0 Å². The number of likely N-dealkylation sites (tertiary alicyclic amines) is 1.